The van der Waals surface area contributed by atoms with Crippen LogP contribution in [0.3, 0.4) is 0 Å². The molecule has 0 saturated heterocycles. The maximum atomic E-state index is 9.90. The molecule has 4 unspecified atom stereocenters. The fourth-order valence-corrected chi connectivity index (χ4v) is 3.02. The van der Waals surface area contributed by atoms with Gasteiger partial charge >= 0.3 is 0 Å². The second kappa shape index (κ2) is 11.3. The SMILES string of the molecule is OC(CNC/C=C/C=C/C=C\C1CC1S)COC1C=CC(I)=CC1. The Morgan fingerprint density at radius 3 is 2.88 bits per heavy atom. The smallest absolute Gasteiger partial charge is 0.0898 e. The molecule has 1 saturated carbocycles. The zero-order valence-corrected chi connectivity index (χ0v) is 16.8. The molecule has 4 atom stereocenters. The number of rotatable bonds is 10. The van der Waals surface area contributed by atoms with E-state index in [0.29, 0.717) is 24.3 Å². The summed E-state index contributed by atoms with van der Waals surface area (Å²) in [7, 11) is 0. The maximum Gasteiger partial charge on any atom is 0.0898 e. The fraction of sp³-hybridized carbons (Fsp3) is 0.474. The minimum absolute atomic E-state index is 0.0877. The van der Waals surface area contributed by atoms with Gasteiger partial charge in [0.2, 0.25) is 0 Å². The minimum Gasteiger partial charge on any atom is -0.389 e. The molecule has 2 aliphatic rings. The molecule has 0 radical (unpaired) electrons. The Morgan fingerprint density at radius 2 is 2.17 bits per heavy atom. The summed E-state index contributed by atoms with van der Waals surface area (Å²) < 4.78 is 6.92. The molecular formula is C19H26INO2S. The van der Waals surface area contributed by atoms with Gasteiger partial charge < -0.3 is 15.2 Å². The molecule has 0 aromatic carbocycles. The lowest BCUT2D eigenvalue weighted by atomic mass is 10.1. The molecule has 0 aromatic rings. The number of aliphatic hydroxyl groups excluding tert-OH is 1. The van der Waals surface area contributed by atoms with E-state index in [1.54, 1.807) is 0 Å². The van der Waals surface area contributed by atoms with Gasteiger partial charge in [-0.3, -0.25) is 0 Å². The van der Waals surface area contributed by atoms with Gasteiger partial charge in [-0.05, 0) is 41.4 Å². The lowest BCUT2D eigenvalue weighted by Gasteiger charge is -2.18. The summed E-state index contributed by atoms with van der Waals surface area (Å²) >= 11 is 6.68. The molecule has 0 heterocycles. The van der Waals surface area contributed by atoms with Gasteiger partial charge in [0.05, 0.1) is 18.8 Å². The Balaban J connectivity index is 1.46. The zero-order chi connectivity index (χ0) is 17.2. The number of allylic oxidation sites excluding steroid dienone is 7. The molecule has 5 heteroatoms. The van der Waals surface area contributed by atoms with Crippen molar-refractivity contribution < 1.29 is 9.84 Å². The largest absolute Gasteiger partial charge is 0.389 e. The summed E-state index contributed by atoms with van der Waals surface area (Å²) in [6, 6.07) is 0. The van der Waals surface area contributed by atoms with Crippen LogP contribution in [0.4, 0.5) is 0 Å². The molecule has 1 fully saturated rings. The number of aliphatic hydroxyl groups is 1. The van der Waals surface area contributed by atoms with Crippen LogP contribution >= 0.6 is 35.2 Å². The van der Waals surface area contributed by atoms with Crippen LogP contribution < -0.4 is 5.32 Å². The average molecular weight is 459 g/mol. The molecular weight excluding hydrogens is 433 g/mol. The third-order valence-electron chi connectivity index (χ3n) is 3.79. The summed E-state index contributed by atoms with van der Waals surface area (Å²) in [6.07, 6.45) is 20.3. The highest BCUT2D eigenvalue weighted by Crippen LogP contribution is 2.36. The predicted molar refractivity (Wildman–Crippen MR) is 113 cm³/mol. The Morgan fingerprint density at radius 1 is 1.38 bits per heavy atom. The van der Waals surface area contributed by atoms with Crippen molar-refractivity contribution in [3.63, 3.8) is 0 Å². The van der Waals surface area contributed by atoms with Crippen LogP contribution in [0, 0.1) is 5.92 Å². The first-order chi connectivity index (χ1) is 11.6. The van der Waals surface area contributed by atoms with Gasteiger partial charge in [0.15, 0.2) is 0 Å². The Hall–Kier alpha value is -0.340. The third kappa shape index (κ3) is 8.67. The van der Waals surface area contributed by atoms with E-state index in [1.165, 1.54) is 10.0 Å². The first kappa shape index (κ1) is 20.0. The number of hydrogen-bond donors (Lipinski definition) is 3. The van der Waals surface area contributed by atoms with E-state index in [4.69, 9.17) is 4.74 Å². The quantitative estimate of drug-likeness (QED) is 0.203. The number of halogens is 1. The number of hydrogen-bond acceptors (Lipinski definition) is 4. The van der Waals surface area contributed by atoms with Crippen LogP contribution in [-0.4, -0.2) is 42.3 Å². The summed E-state index contributed by atoms with van der Waals surface area (Å²) in [4.78, 5) is 0. The van der Waals surface area contributed by atoms with Crippen LogP contribution in [0.25, 0.3) is 0 Å². The van der Waals surface area contributed by atoms with Crippen LogP contribution in [-0.2, 0) is 4.74 Å². The fourth-order valence-electron chi connectivity index (χ4n) is 2.21. The molecule has 0 aromatic heterocycles. The molecule has 24 heavy (non-hydrogen) atoms. The molecule has 3 nitrogen and oxygen atoms in total. The third-order valence-corrected chi connectivity index (χ3v) is 5.19. The van der Waals surface area contributed by atoms with E-state index in [1.807, 2.05) is 36.5 Å². The Labute approximate surface area is 164 Å². The first-order valence-corrected chi connectivity index (χ1v) is 9.97. The molecule has 0 aliphatic heterocycles. The first-order valence-electron chi connectivity index (χ1n) is 8.37. The molecule has 2 rings (SSSR count). The summed E-state index contributed by atoms with van der Waals surface area (Å²) in [5.74, 6) is 0.663. The Kier molecular flexibility index (Phi) is 9.41. The van der Waals surface area contributed by atoms with Crippen molar-refractivity contribution in [2.45, 2.75) is 30.3 Å². The van der Waals surface area contributed by atoms with Gasteiger partial charge in [0, 0.05) is 21.9 Å². The van der Waals surface area contributed by atoms with E-state index in [0.717, 1.165) is 13.0 Å². The minimum atomic E-state index is -0.483. The van der Waals surface area contributed by atoms with Crippen LogP contribution in [0.5, 0.6) is 0 Å². The monoisotopic (exact) mass is 459 g/mol. The lowest BCUT2D eigenvalue weighted by Crippen LogP contribution is -2.32. The van der Waals surface area contributed by atoms with Gasteiger partial charge in [-0.1, -0.05) is 54.7 Å². The highest BCUT2D eigenvalue weighted by atomic mass is 127. The summed E-state index contributed by atoms with van der Waals surface area (Å²) in [5, 5.41) is 13.7. The molecule has 2 N–H and O–H groups in total. The van der Waals surface area contributed by atoms with E-state index >= 15 is 0 Å². The van der Waals surface area contributed by atoms with Gasteiger partial charge in [0.1, 0.15) is 0 Å². The number of thiol groups is 1. The van der Waals surface area contributed by atoms with Crippen LogP contribution in [0.15, 0.2) is 58.3 Å². The lowest BCUT2D eigenvalue weighted by molar-refractivity contribution is 0.0114. The number of nitrogens with one attached hydrogen (secondary N) is 1. The normalized spacial score (nSPS) is 28.1. The van der Waals surface area contributed by atoms with Crippen LogP contribution in [0.1, 0.15) is 12.8 Å². The maximum absolute atomic E-state index is 9.90. The van der Waals surface area contributed by atoms with Crippen molar-refractivity contribution in [1.82, 2.24) is 5.32 Å². The van der Waals surface area contributed by atoms with Crippen LogP contribution in [0.2, 0.25) is 0 Å². The highest BCUT2D eigenvalue weighted by Gasteiger charge is 2.30. The van der Waals surface area contributed by atoms with Gasteiger partial charge in [-0.15, -0.1) is 0 Å². The van der Waals surface area contributed by atoms with E-state index in [-0.39, 0.29) is 6.10 Å². The summed E-state index contributed by atoms with van der Waals surface area (Å²) in [5.41, 5.74) is 0. The molecule has 0 bridgehead atoms. The van der Waals surface area contributed by atoms with Gasteiger partial charge in [-0.2, -0.15) is 12.6 Å². The molecule has 0 amide bonds. The molecule has 2 aliphatic carbocycles. The van der Waals surface area contributed by atoms with Crippen molar-refractivity contribution in [3.05, 3.63) is 58.3 Å². The van der Waals surface area contributed by atoms with Crippen molar-refractivity contribution in [1.29, 1.82) is 0 Å². The van der Waals surface area contributed by atoms with Crippen molar-refractivity contribution in [2.24, 2.45) is 5.92 Å². The standard InChI is InChI=1S/C19H26INO2S/c20-16-7-9-18(10-8-16)23-14-17(22)13-21-11-5-3-1-2-4-6-15-12-19(15)24/h1-9,15,17-19,21-22,24H,10-14H2/b2-1+,5-3+,6-4-. The number of ether oxygens (including phenoxy) is 1. The molecule has 132 valence electrons. The Bertz CT molecular complexity index is 527. The summed E-state index contributed by atoms with van der Waals surface area (Å²) in [6.45, 7) is 1.62. The van der Waals surface area contributed by atoms with Crippen molar-refractivity contribution >= 4 is 35.2 Å². The van der Waals surface area contributed by atoms with E-state index in [2.05, 4.69) is 58.8 Å². The van der Waals surface area contributed by atoms with Gasteiger partial charge in [-0.25, -0.2) is 0 Å². The van der Waals surface area contributed by atoms with E-state index < -0.39 is 6.10 Å². The predicted octanol–water partition coefficient (Wildman–Crippen LogP) is 3.59. The van der Waals surface area contributed by atoms with E-state index in [9.17, 15) is 5.11 Å². The zero-order valence-electron chi connectivity index (χ0n) is 13.7. The van der Waals surface area contributed by atoms with Gasteiger partial charge in [0.25, 0.3) is 0 Å². The highest BCUT2D eigenvalue weighted by molar-refractivity contribution is 14.1. The molecule has 0 spiro atoms. The second-order valence-corrected chi connectivity index (χ2v) is 7.94. The second-order valence-electron chi connectivity index (χ2n) is 6.03. The van der Waals surface area contributed by atoms with Crippen molar-refractivity contribution in [3.8, 4) is 0 Å². The topological polar surface area (TPSA) is 41.5 Å². The van der Waals surface area contributed by atoms with Crippen molar-refractivity contribution in [2.75, 3.05) is 19.7 Å². The average Bonchev–Trinajstić information content (AvgIpc) is 3.28.